The van der Waals surface area contributed by atoms with Crippen LogP contribution in [0.15, 0.2) is 0 Å². The number of rotatable bonds is 1. The van der Waals surface area contributed by atoms with Crippen LogP contribution in [0.5, 0.6) is 0 Å². The second-order valence-electron chi connectivity index (χ2n) is 3.85. The van der Waals surface area contributed by atoms with Crippen molar-refractivity contribution in [3.63, 3.8) is 0 Å². The van der Waals surface area contributed by atoms with Gasteiger partial charge in [0, 0.05) is 19.0 Å². The van der Waals surface area contributed by atoms with Crippen molar-refractivity contribution in [3.05, 3.63) is 0 Å². The lowest BCUT2D eigenvalue weighted by molar-refractivity contribution is 0.188. The SMILES string of the molecule is CCC(=N)N1CCCC(C)C1C. The van der Waals surface area contributed by atoms with Gasteiger partial charge < -0.3 is 4.90 Å². The molecule has 1 heterocycles. The molecule has 1 aliphatic rings. The van der Waals surface area contributed by atoms with E-state index in [1.54, 1.807) is 0 Å². The molecule has 12 heavy (non-hydrogen) atoms. The summed E-state index contributed by atoms with van der Waals surface area (Å²) in [5.74, 6) is 1.57. The molecule has 1 rings (SSSR count). The Morgan fingerprint density at radius 1 is 1.50 bits per heavy atom. The van der Waals surface area contributed by atoms with Crippen LogP contribution >= 0.6 is 0 Å². The Bertz CT molecular complexity index is 165. The predicted octanol–water partition coefficient (Wildman–Crippen LogP) is 2.49. The first-order valence-corrected chi connectivity index (χ1v) is 5.00. The van der Waals surface area contributed by atoms with Gasteiger partial charge in [0.15, 0.2) is 0 Å². The van der Waals surface area contributed by atoms with Gasteiger partial charge in [-0.15, -0.1) is 0 Å². The highest BCUT2D eigenvalue weighted by atomic mass is 15.2. The van der Waals surface area contributed by atoms with Crippen molar-refractivity contribution in [1.29, 1.82) is 5.41 Å². The highest BCUT2D eigenvalue weighted by Gasteiger charge is 2.25. The number of hydrogen-bond acceptors (Lipinski definition) is 1. The second-order valence-corrected chi connectivity index (χ2v) is 3.85. The molecule has 1 saturated heterocycles. The van der Waals surface area contributed by atoms with E-state index in [4.69, 9.17) is 5.41 Å². The fourth-order valence-electron chi connectivity index (χ4n) is 1.92. The zero-order chi connectivity index (χ0) is 9.14. The predicted molar refractivity (Wildman–Crippen MR) is 52.6 cm³/mol. The van der Waals surface area contributed by atoms with Crippen molar-refractivity contribution in [2.45, 2.75) is 46.1 Å². The lowest BCUT2D eigenvalue weighted by Gasteiger charge is -2.39. The molecule has 0 amide bonds. The molecule has 0 aromatic rings. The summed E-state index contributed by atoms with van der Waals surface area (Å²) in [6.07, 6.45) is 3.46. The van der Waals surface area contributed by atoms with E-state index in [9.17, 15) is 0 Å². The molecule has 0 spiro atoms. The zero-order valence-corrected chi connectivity index (χ0v) is 8.43. The molecule has 70 valence electrons. The van der Waals surface area contributed by atoms with E-state index in [-0.39, 0.29) is 0 Å². The molecule has 2 nitrogen and oxygen atoms in total. The van der Waals surface area contributed by atoms with Gasteiger partial charge in [0.05, 0.1) is 5.84 Å². The molecule has 1 fully saturated rings. The summed E-state index contributed by atoms with van der Waals surface area (Å²) in [7, 11) is 0. The van der Waals surface area contributed by atoms with Crippen LogP contribution in [-0.2, 0) is 0 Å². The van der Waals surface area contributed by atoms with Gasteiger partial charge in [-0.2, -0.15) is 0 Å². The number of nitrogens with one attached hydrogen (secondary N) is 1. The van der Waals surface area contributed by atoms with Gasteiger partial charge in [0.2, 0.25) is 0 Å². The monoisotopic (exact) mass is 168 g/mol. The molecule has 0 bridgehead atoms. The minimum absolute atomic E-state index is 0.575. The Balaban J connectivity index is 2.57. The number of hydrogen-bond donors (Lipinski definition) is 1. The highest BCUT2D eigenvalue weighted by Crippen LogP contribution is 2.23. The van der Waals surface area contributed by atoms with E-state index in [1.807, 2.05) is 0 Å². The minimum Gasteiger partial charge on any atom is -0.358 e. The van der Waals surface area contributed by atoms with Crippen molar-refractivity contribution < 1.29 is 0 Å². The molecule has 0 radical (unpaired) electrons. The molecule has 2 unspecified atom stereocenters. The van der Waals surface area contributed by atoms with Crippen molar-refractivity contribution in [1.82, 2.24) is 4.90 Å². The van der Waals surface area contributed by atoms with E-state index in [2.05, 4.69) is 25.7 Å². The molecule has 0 aromatic heterocycles. The fraction of sp³-hybridized carbons (Fsp3) is 0.900. The maximum absolute atomic E-state index is 7.78. The number of likely N-dealkylation sites (tertiary alicyclic amines) is 1. The van der Waals surface area contributed by atoms with Crippen LogP contribution in [-0.4, -0.2) is 23.3 Å². The average molecular weight is 168 g/mol. The van der Waals surface area contributed by atoms with Crippen LogP contribution in [0.1, 0.15) is 40.0 Å². The van der Waals surface area contributed by atoms with Crippen LogP contribution in [0, 0.1) is 11.3 Å². The van der Waals surface area contributed by atoms with Gasteiger partial charge in [-0.1, -0.05) is 13.8 Å². The number of nitrogens with zero attached hydrogens (tertiary/aromatic N) is 1. The van der Waals surface area contributed by atoms with Crippen LogP contribution in [0.2, 0.25) is 0 Å². The first-order chi connectivity index (χ1) is 5.66. The Morgan fingerprint density at radius 2 is 2.17 bits per heavy atom. The third-order valence-electron chi connectivity index (χ3n) is 3.06. The topological polar surface area (TPSA) is 27.1 Å². The molecule has 1 N–H and O–H groups in total. The van der Waals surface area contributed by atoms with Crippen LogP contribution in [0.25, 0.3) is 0 Å². The summed E-state index contributed by atoms with van der Waals surface area (Å²) in [5, 5.41) is 7.78. The van der Waals surface area contributed by atoms with E-state index in [0.717, 1.165) is 24.7 Å². The quantitative estimate of drug-likeness (QED) is 0.472. The fourth-order valence-corrected chi connectivity index (χ4v) is 1.92. The third kappa shape index (κ3) is 1.79. The first kappa shape index (κ1) is 9.56. The highest BCUT2D eigenvalue weighted by molar-refractivity contribution is 5.79. The lowest BCUT2D eigenvalue weighted by atomic mass is 9.92. The van der Waals surface area contributed by atoms with Crippen molar-refractivity contribution in [2.75, 3.05) is 6.54 Å². The van der Waals surface area contributed by atoms with Gasteiger partial charge >= 0.3 is 0 Å². The molecular weight excluding hydrogens is 148 g/mol. The van der Waals surface area contributed by atoms with E-state index >= 15 is 0 Å². The van der Waals surface area contributed by atoms with Crippen LogP contribution in [0.3, 0.4) is 0 Å². The Hall–Kier alpha value is -0.530. The molecule has 1 aliphatic heterocycles. The van der Waals surface area contributed by atoms with E-state index in [0.29, 0.717) is 6.04 Å². The molecular formula is C10H20N2. The lowest BCUT2D eigenvalue weighted by Crippen LogP contribution is -2.45. The first-order valence-electron chi connectivity index (χ1n) is 5.00. The molecule has 0 aliphatic carbocycles. The third-order valence-corrected chi connectivity index (χ3v) is 3.06. The summed E-state index contributed by atoms with van der Waals surface area (Å²) < 4.78 is 0. The van der Waals surface area contributed by atoms with Gasteiger partial charge in [-0.25, -0.2) is 0 Å². The summed E-state index contributed by atoms with van der Waals surface area (Å²) in [4.78, 5) is 2.26. The van der Waals surface area contributed by atoms with Crippen molar-refractivity contribution in [2.24, 2.45) is 5.92 Å². The van der Waals surface area contributed by atoms with Crippen LogP contribution < -0.4 is 0 Å². The minimum atomic E-state index is 0.575. The molecule has 0 saturated carbocycles. The molecule has 0 aromatic carbocycles. The van der Waals surface area contributed by atoms with Gasteiger partial charge in [0.25, 0.3) is 0 Å². The zero-order valence-electron chi connectivity index (χ0n) is 8.43. The van der Waals surface area contributed by atoms with Crippen molar-refractivity contribution >= 4 is 5.84 Å². The number of amidine groups is 1. The normalized spacial score (nSPS) is 30.4. The number of piperidine rings is 1. The molecule has 2 atom stereocenters. The van der Waals surface area contributed by atoms with Crippen LogP contribution in [0.4, 0.5) is 0 Å². The molecule has 2 heteroatoms. The van der Waals surface area contributed by atoms with E-state index < -0.39 is 0 Å². The maximum atomic E-state index is 7.78. The summed E-state index contributed by atoms with van der Waals surface area (Å²) in [6.45, 7) is 7.69. The Labute approximate surface area is 75.5 Å². The van der Waals surface area contributed by atoms with Gasteiger partial charge in [0.1, 0.15) is 0 Å². The largest absolute Gasteiger partial charge is 0.358 e. The summed E-state index contributed by atoms with van der Waals surface area (Å²) in [5.41, 5.74) is 0. The standard InChI is InChI=1S/C10H20N2/c1-4-10(11)12-7-5-6-8(2)9(12)3/h8-9,11H,4-7H2,1-3H3. The smallest absolute Gasteiger partial charge is 0.0957 e. The maximum Gasteiger partial charge on any atom is 0.0957 e. The Kier molecular flexibility index (Phi) is 3.12. The van der Waals surface area contributed by atoms with Gasteiger partial charge in [-0.3, -0.25) is 5.41 Å². The van der Waals surface area contributed by atoms with Gasteiger partial charge in [-0.05, 0) is 25.7 Å². The average Bonchev–Trinajstić information content (AvgIpc) is 2.08. The Morgan fingerprint density at radius 3 is 2.75 bits per heavy atom. The second kappa shape index (κ2) is 3.92. The summed E-state index contributed by atoms with van der Waals surface area (Å²) in [6, 6.07) is 0.575. The van der Waals surface area contributed by atoms with E-state index in [1.165, 1.54) is 12.8 Å². The summed E-state index contributed by atoms with van der Waals surface area (Å²) >= 11 is 0. The van der Waals surface area contributed by atoms with Crippen molar-refractivity contribution in [3.8, 4) is 0 Å².